The van der Waals surface area contributed by atoms with E-state index in [0.717, 1.165) is 16.0 Å². The molecule has 2 aromatic rings. The highest BCUT2D eigenvalue weighted by Crippen LogP contribution is 2.32. The molecule has 0 saturated carbocycles. The maximum atomic E-state index is 13.7. The van der Waals surface area contributed by atoms with E-state index in [0.29, 0.717) is 11.1 Å². The third-order valence-corrected chi connectivity index (χ3v) is 3.51. The molecule has 0 bridgehead atoms. The van der Waals surface area contributed by atoms with E-state index < -0.39 is 0 Å². The highest BCUT2D eigenvalue weighted by atomic mass is 32.1. The summed E-state index contributed by atoms with van der Waals surface area (Å²) in [6, 6.07) is 5.51. The Morgan fingerprint density at radius 1 is 1.43 bits per heavy atom. The normalized spacial score (nSPS) is 10.8. The number of methoxy groups -OCH3 is 1. The first-order chi connectivity index (χ1) is 6.76. The van der Waals surface area contributed by atoms with Crippen LogP contribution < -0.4 is 4.74 Å². The molecule has 1 nitrogen and oxygen atoms in total. The fourth-order valence-corrected chi connectivity index (χ4v) is 2.46. The van der Waals surface area contributed by atoms with Crippen LogP contribution in [0.25, 0.3) is 10.1 Å². The average molecular weight is 210 g/mol. The van der Waals surface area contributed by atoms with Gasteiger partial charge in [-0.15, -0.1) is 11.3 Å². The summed E-state index contributed by atoms with van der Waals surface area (Å²) in [5, 5.41) is 0.672. The van der Waals surface area contributed by atoms with Gasteiger partial charge in [0.15, 0.2) is 0 Å². The zero-order chi connectivity index (χ0) is 10.1. The summed E-state index contributed by atoms with van der Waals surface area (Å²) in [5.74, 6) is 0.614. The molecule has 1 heterocycles. The Morgan fingerprint density at radius 3 is 2.86 bits per heavy atom. The van der Waals surface area contributed by atoms with Crippen molar-refractivity contribution < 1.29 is 9.13 Å². The van der Waals surface area contributed by atoms with Gasteiger partial charge >= 0.3 is 0 Å². The van der Waals surface area contributed by atoms with Crippen molar-refractivity contribution in [1.29, 1.82) is 0 Å². The summed E-state index contributed by atoms with van der Waals surface area (Å²) in [5.41, 5.74) is 0. The van der Waals surface area contributed by atoms with Crippen LogP contribution in [-0.4, -0.2) is 7.11 Å². The van der Waals surface area contributed by atoms with E-state index >= 15 is 0 Å². The number of hydrogen-bond acceptors (Lipinski definition) is 2. The maximum Gasteiger partial charge on any atom is 0.145 e. The lowest BCUT2D eigenvalue weighted by atomic mass is 10.2. The first-order valence-electron chi connectivity index (χ1n) is 4.51. The molecule has 0 N–H and O–H groups in total. The van der Waals surface area contributed by atoms with Crippen molar-refractivity contribution in [3.05, 3.63) is 28.9 Å². The Balaban J connectivity index is 2.68. The number of hydrogen-bond donors (Lipinski definition) is 0. The first-order valence-corrected chi connectivity index (χ1v) is 5.32. The SMILES string of the molecule is CCc1sc2ccc(OC)cc2c1F. The van der Waals surface area contributed by atoms with Crippen LogP contribution in [0, 0.1) is 5.82 Å². The lowest BCUT2D eigenvalue weighted by Crippen LogP contribution is -1.82. The molecule has 0 fully saturated rings. The van der Waals surface area contributed by atoms with E-state index in [1.165, 1.54) is 11.3 Å². The third-order valence-electron chi connectivity index (χ3n) is 2.22. The molecule has 0 radical (unpaired) electrons. The molecule has 0 atom stereocenters. The molecule has 3 heteroatoms. The molecule has 1 aromatic heterocycles. The third kappa shape index (κ3) is 1.38. The van der Waals surface area contributed by atoms with Gasteiger partial charge in [-0.1, -0.05) is 6.92 Å². The Bertz CT molecular complexity index is 462. The van der Waals surface area contributed by atoms with Crippen LogP contribution in [0.4, 0.5) is 4.39 Å². The number of aryl methyl sites for hydroxylation is 1. The van der Waals surface area contributed by atoms with Crippen molar-refractivity contribution in [1.82, 2.24) is 0 Å². The number of fused-ring (bicyclic) bond motifs is 1. The summed E-state index contributed by atoms with van der Waals surface area (Å²) in [7, 11) is 1.59. The second-order valence-corrected chi connectivity index (χ2v) is 4.19. The van der Waals surface area contributed by atoms with E-state index in [9.17, 15) is 4.39 Å². The summed E-state index contributed by atoms with van der Waals surface area (Å²) >= 11 is 1.51. The molecule has 74 valence electrons. The average Bonchev–Trinajstić information content (AvgIpc) is 2.55. The second-order valence-electron chi connectivity index (χ2n) is 3.05. The number of halogens is 1. The minimum Gasteiger partial charge on any atom is -0.497 e. The van der Waals surface area contributed by atoms with Crippen molar-refractivity contribution in [3.63, 3.8) is 0 Å². The predicted molar refractivity (Wildman–Crippen MR) is 57.7 cm³/mol. The van der Waals surface area contributed by atoms with Gasteiger partial charge in [-0.05, 0) is 24.6 Å². The second kappa shape index (κ2) is 3.58. The minimum atomic E-state index is -0.0913. The van der Waals surface area contributed by atoms with Crippen LogP contribution in [0.2, 0.25) is 0 Å². The van der Waals surface area contributed by atoms with Crippen molar-refractivity contribution in [3.8, 4) is 5.75 Å². The molecular weight excluding hydrogens is 199 g/mol. The van der Waals surface area contributed by atoms with Gasteiger partial charge in [-0.3, -0.25) is 0 Å². The standard InChI is InChI=1S/C11H11FOS/c1-3-9-11(12)8-6-7(13-2)4-5-10(8)14-9/h4-6H,3H2,1-2H3. The number of ether oxygens (including phenoxy) is 1. The number of benzene rings is 1. The lowest BCUT2D eigenvalue weighted by molar-refractivity contribution is 0.415. The van der Waals surface area contributed by atoms with Crippen molar-refractivity contribution in [2.75, 3.05) is 7.11 Å². The molecular formula is C11H11FOS. The molecule has 0 amide bonds. The minimum absolute atomic E-state index is 0.0913. The van der Waals surface area contributed by atoms with Gasteiger partial charge in [0.25, 0.3) is 0 Å². The Kier molecular flexibility index (Phi) is 2.42. The molecule has 0 saturated heterocycles. The molecule has 0 aliphatic carbocycles. The maximum absolute atomic E-state index is 13.7. The summed E-state index contributed by atoms with van der Waals surface area (Å²) < 4.78 is 19.7. The molecule has 0 spiro atoms. The van der Waals surface area contributed by atoms with Crippen molar-refractivity contribution in [2.45, 2.75) is 13.3 Å². The molecule has 14 heavy (non-hydrogen) atoms. The fraction of sp³-hybridized carbons (Fsp3) is 0.273. The lowest BCUT2D eigenvalue weighted by Gasteiger charge is -1.97. The smallest absolute Gasteiger partial charge is 0.145 e. The highest BCUT2D eigenvalue weighted by molar-refractivity contribution is 7.19. The van der Waals surface area contributed by atoms with Crippen LogP contribution in [0.3, 0.4) is 0 Å². The van der Waals surface area contributed by atoms with E-state index in [-0.39, 0.29) is 5.82 Å². The van der Waals surface area contributed by atoms with Crippen molar-refractivity contribution in [2.24, 2.45) is 0 Å². The number of rotatable bonds is 2. The molecule has 0 unspecified atom stereocenters. The van der Waals surface area contributed by atoms with Gasteiger partial charge in [0.2, 0.25) is 0 Å². The van der Waals surface area contributed by atoms with Gasteiger partial charge in [-0.2, -0.15) is 0 Å². The van der Waals surface area contributed by atoms with Gasteiger partial charge in [-0.25, -0.2) is 4.39 Å². The zero-order valence-electron chi connectivity index (χ0n) is 8.13. The van der Waals surface area contributed by atoms with Crippen LogP contribution in [0.15, 0.2) is 18.2 Å². The summed E-state index contributed by atoms with van der Waals surface area (Å²) in [6.07, 6.45) is 0.744. The topological polar surface area (TPSA) is 9.23 Å². The van der Waals surface area contributed by atoms with E-state index in [4.69, 9.17) is 4.74 Å². The van der Waals surface area contributed by atoms with E-state index in [1.807, 2.05) is 19.1 Å². The summed E-state index contributed by atoms with van der Waals surface area (Å²) in [4.78, 5) is 0.813. The van der Waals surface area contributed by atoms with Crippen LogP contribution in [0.5, 0.6) is 5.75 Å². The largest absolute Gasteiger partial charge is 0.497 e. The predicted octanol–water partition coefficient (Wildman–Crippen LogP) is 3.61. The Morgan fingerprint density at radius 2 is 2.21 bits per heavy atom. The van der Waals surface area contributed by atoms with E-state index in [1.54, 1.807) is 13.2 Å². The van der Waals surface area contributed by atoms with E-state index in [2.05, 4.69) is 0 Å². The molecule has 0 aliphatic heterocycles. The summed E-state index contributed by atoms with van der Waals surface area (Å²) in [6.45, 7) is 1.96. The van der Waals surface area contributed by atoms with Crippen molar-refractivity contribution >= 4 is 21.4 Å². The van der Waals surface area contributed by atoms with Crippen LogP contribution >= 0.6 is 11.3 Å². The molecule has 1 aromatic carbocycles. The van der Waals surface area contributed by atoms with Gasteiger partial charge in [0.05, 0.1) is 7.11 Å². The first kappa shape index (κ1) is 9.46. The van der Waals surface area contributed by atoms with Gasteiger partial charge in [0.1, 0.15) is 11.6 Å². The fourth-order valence-electron chi connectivity index (χ4n) is 1.45. The van der Waals surface area contributed by atoms with Gasteiger partial charge < -0.3 is 4.74 Å². The van der Waals surface area contributed by atoms with Crippen LogP contribution in [0.1, 0.15) is 11.8 Å². The quantitative estimate of drug-likeness (QED) is 0.735. The Labute approximate surface area is 86.1 Å². The van der Waals surface area contributed by atoms with Gasteiger partial charge in [0, 0.05) is 15.0 Å². The Hall–Kier alpha value is -1.09. The molecule has 0 aliphatic rings. The highest BCUT2D eigenvalue weighted by Gasteiger charge is 2.10. The zero-order valence-corrected chi connectivity index (χ0v) is 8.95. The number of thiophene rings is 1. The molecule has 2 rings (SSSR count). The monoisotopic (exact) mass is 210 g/mol. The van der Waals surface area contributed by atoms with Crippen LogP contribution in [-0.2, 0) is 6.42 Å².